The Kier molecular flexibility index (Phi) is 4.09. The SMILES string of the molecule is CNc1cc([N+](=O)[O-])cc(N(C)Cc2cccnc2)n1. The van der Waals surface area contributed by atoms with E-state index in [1.54, 1.807) is 19.4 Å². The summed E-state index contributed by atoms with van der Waals surface area (Å²) < 4.78 is 0. The highest BCUT2D eigenvalue weighted by atomic mass is 16.6. The van der Waals surface area contributed by atoms with Gasteiger partial charge in [0.15, 0.2) is 0 Å². The lowest BCUT2D eigenvalue weighted by atomic mass is 10.2. The Morgan fingerprint density at radius 3 is 2.85 bits per heavy atom. The van der Waals surface area contributed by atoms with E-state index in [4.69, 9.17) is 0 Å². The highest BCUT2D eigenvalue weighted by Gasteiger charge is 2.13. The van der Waals surface area contributed by atoms with Gasteiger partial charge >= 0.3 is 0 Å². The van der Waals surface area contributed by atoms with Gasteiger partial charge in [0.2, 0.25) is 0 Å². The summed E-state index contributed by atoms with van der Waals surface area (Å²) in [4.78, 5) is 20.7. The molecule has 2 rings (SSSR count). The highest BCUT2D eigenvalue weighted by molar-refractivity contribution is 5.55. The van der Waals surface area contributed by atoms with Crippen LogP contribution in [-0.2, 0) is 6.54 Å². The van der Waals surface area contributed by atoms with Gasteiger partial charge in [-0.2, -0.15) is 0 Å². The van der Waals surface area contributed by atoms with E-state index < -0.39 is 4.92 Å². The molecule has 0 unspecified atom stereocenters. The van der Waals surface area contributed by atoms with Crippen LogP contribution >= 0.6 is 0 Å². The summed E-state index contributed by atoms with van der Waals surface area (Å²) in [5, 5.41) is 13.8. The van der Waals surface area contributed by atoms with Crippen molar-refractivity contribution in [2.45, 2.75) is 6.54 Å². The molecule has 0 amide bonds. The lowest BCUT2D eigenvalue weighted by molar-refractivity contribution is -0.384. The fourth-order valence-electron chi connectivity index (χ4n) is 1.78. The molecule has 7 heteroatoms. The van der Waals surface area contributed by atoms with E-state index in [-0.39, 0.29) is 5.69 Å². The molecular weight excluding hydrogens is 258 g/mol. The van der Waals surface area contributed by atoms with Crippen molar-refractivity contribution in [3.8, 4) is 0 Å². The van der Waals surface area contributed by atoms with Gasteiger partial charge in [0.1, 0.15) is 11.6 Å². The van der Waals surface area contributed by atoms with Crippen LogP contribution in [0.3, 0.4) is 0 Å². The minimum absolute atomic E-state index is 0.0115. The monoisotopic (exact) mass is 273 g/mol. The molecular formula is C13H15N5O2. The Bertz CT molecular complexity index is 603. The summed E-state index contributed by atoms with van der Waals surface area (Å²) in [6.45, 7) is 0.575. The van der Waals surface area contributed by atoms with Gasteiger partial charge in [0.05, 0.1) is 17.1 Å². The van der Waals surface area contributed by atoms with Gasteiger partial charge in [-0.3, -0.25) is 15.1 Å². The van der Waals surface area contributed by atoms with Crippen molar-refractivity contribution >= 4 is 17.3 Å². The predicted octanol–water partition coefficient (Wildman–Crippen LogP) is 2.06. The van der Waals surface area contributed by atoms with Gasteiger partial charge in [-0.15, -0.1) is 0 Å². The smallest absolute Gasteiger partial charge is 0.276 e. The van der Waals surface area contributed by atoms with Crippen LogP contribution in [0.2, 0.25) is 0 Å². The summed E-state index contributed by atoms with van der Waals surface area (Å²) in [5.41, 5.74) is 1.02. The normalized spacial score (nSPS) is 10.1. The Balaban J connectivity index is 2.27. The van der Waals surface area contributed by atoms with Crippen LogP contribution in [0.1, 0.15) is 5.56 Å². The minimum atomic E-state index is -0.427. The summed E-state index contributed by atoms with van der Waals surface area (Å²) >= 11 is 0. The molecule has 0 saturated carbocycles. The quantitative estimate of drug-likeness (QED) is 0.663. The predicted molar refractivity (Wildman–Crippen MR) is 76.8 cm³/mol. The molecule has 0 aliphatic heterocycles. The van der Waals surface area contributed by atoms with Crippen molar-refractivity contribution in [1.82, 2.24) is 9.97 Å². The maximum atomic E-state index is 10.9. The number of hydrogen-bond acceptors (Lipinski definition) is 6. The lowest BCUT2D eigenvalue weighted by Gasteiger charge is -2.18. The van der Waals surface area contributed by atoms with E-state index in [0.29, 0.717) is 18.2 Å². The van der Waals surface area contributed by atoms with E-state index in [1.165, 1.54) is 12.1 Å². The van der Waals surface area contributed by atoms with Crippen LogP contribution in [0.4, 0.5) is 17.3 Å². The third-order valence-electron chi connectivity index (χ3n) is 2.80. The second kappa shape index (κ2) is 5.96. The molecule has 2 heterocycles. The van der Waals surface area contributed by atoms with Crippen molar-refractivity contribution in [1.29, 1.82) is 0 Å². The van der Waals surface area contributed by atoms with Gasteiger partial charge in [-0.25, -0.2) is 4.98 Å². The first kappa shape index (κ1) is 13.7. The molecule has 0 aliphatic carbocycles. The largest absolute Gasteiger partial charge is 0.373 e. The van der Waals surface area contributed by atoms with Crippen LogP contribution in [-0.4, -0.2) is 29.0 Å². The van der Waals surface area contributed by atoms with Gasteiger partial charge in [-0.1, -0.05) is 6.07 Å². The Labute approximate surface area is 116 Å². The number of nitro groups is 1. The molecule has 2 aromatic rings. The zero-order valence-corrected chi connectivity index (χ0v) is 11.3. The second-order valence-corrected chi connectivity index (χ2v) is 4.29. The molecule has 104 valence electrons. The molecule has 0 fully saturated rings. The van der Waals surface area contributed by atoms with E-state index >= 15 is 0 Å². The van der Waals surface area contributed by atoms with Crippen molar-refractivity contribution < 1.29 is 4.92 Å². The Morgan fingerprint density at radius 2 is 2.25 bits per heavy atom. The summed E-state index contributed by atoms with van der Waals surface area (Å²) in [6, 6.07) is 6.65. The summed E-state index contributed by atoms with van der Waals surface area (Å²) in [5.74, 6) is 1.000. The zero-order chi connectivity index (χ0) is 14.5. The van der Waals surface area contributed by atoms with Crippen LogP contribution < -0.4 is 10.2 Å². The molecule has 7 nitrogen and oxygen atoms in total. The van der Waals surface area contributed by atoms with Crippen molar-refractivity contribution in [2.24, 2.45) is 0 Å². The number of nitrogens with zero attached hydrogens (tertiary/aromatic N) is 4. The number of anilines is 2. The molecule has 0 saturated heterocycles. The van der Waals surface area contributed by atoms with Crippen LogP contribution in [0.5, 0.6) is 0 Å². The van der Waals surface area contributed by atoms with Crippen LogP contribution in [0, 0.1) is 10.1 Å². The van der Waals surface area contributed by atoms with Gasteiger partial charge in [-0.05, 0) is 11.6 Å². The molecule has 2 aromatic heterocycles. The average molecular weight is 273 g/mol. The Morgan fingerprint density at radius 1 is 1.45 bits per heavy atom. The standard InChI is InChI=1S/C13H15N5O2/c1-14-12-6-11(18(19)20)7-13(16-12)17(2)9-10-4-3-5-15-8-10/h3-8H,9H2,1-2H3,(H,14,16). The summed E-state index contributed by atoms with van der Waals surface area (Å²) in [6.07, 6.45) is 3.46. The van der Waals surface area contributed by atoms with Gasteiger partial charge in [0, 0.05) is 33.0 Å². The van der Waals surface area contributed by atoms with Gasteiger partial charge < -0.3 is 10.2 Å². The first-order chi connectivity index (χ1) is 9.60. The third kappa shape index (κ3) is 3.19. The maximum absolute atomic E-state index is 10.9. The number of hydrogen-bond donors (Lipinski definition) is 1. The van der Waals surface area contributed by atoms with E-state index in [9.17, 15) is 10.1 Å². The molecule has 20 heavy (non-hydrogen) atoms. The fourth-order valence-corrected chi connectivity index (χ4v) is 1.78. The fraction of sp³-hybridized carbons (Fsp3) is 0.231. The first-order valence-corrected chi connectivity index (χ1v) is 6.04. The molecule has 0 aliphatic rings. The molecule has 0 atom stereocenters. The average Bonchev–Trinajstić information content (AvgIpc) is 2.47. The van der Waals surface area contributed by atoms with Gasteiger partial charge in [0.25, 0.3) is 5.69 Å². The molecule has 0 bridgehead atoms. The number of aromatic nitrogens is 2. The third-order valence-corrected chi connectivity index (χ3v) is 2.80. The van der Waals surface area contributed by atoms with Crippen LogP contribution in [0.25, 0.3) is 0 Å². The van der Waals surface area contributed by atoms with Crippen molar-refractivity contribution in [3.63, 3.8) is 0 Å². The Hall–Kier alpha value is -2.70. The molecule has 0 aromatic carbocycles. The molecule has 0 spiro atoms. The molecule has 0 radical (unpaired) electrons. The first-order valence-electron chi connectivity index (χ1n) is 6.04. The van der Waals surface area contributed by atoms with E-state index in [1.807, 2.05) is 24.1 Å². The number of pyridine rings is 2. The number of nitrogens with one attached hydrogen (secondary N) is 1. The minimum Gasteiger partial charge on any atom is -0.373 e. The molecule has 1 N–H and O–H groups in total. The summed E-state index contributed by atoms with van der Waals surface area (Å²) in [7, 11) is 3.51. The van der Waals surface area contributed by atoms with E-state index in [0.717, 1.165) is 5.56 Å². The van der Waals surface area contributed by atoms with Crippen molar-refractivity contribution in [2.75, 3.05) is 24.3 Å². The second-order valence-electron chi connectivity index (χ2n) is 4.29. The lowest BCUT2D eigenvalue weighted by Crippen LogP contribution is -2.18. The van der Waals surface area contributed by atoms with E-state index in [2.05, 4.69) is 15.3 Å². The zero-order valence-electron chi connectivity index (χ0n) is 11.3. The van der Waals surface area contributed by atoms with Crippen LogP contribution in [0.15, 0.2) is 36.7 Å². The number of rotatable bonds is 5. The van der Waals surface area contributed by atoms with Crippen molar-refractivity contribution in [3.05, 3.63) is 52.3 Å². The maximum Gasteiger partial charge on any atom is 0.276 e. The highest BCUT2D eigenvalue weighted by Crippen LogP contribution is 2.23. The topological polar surface area (TPSA) is 84.2 Å².